The second-order valence-electron chi connectivity index (χ2n) is 2.97. The van der Waals surface area contributed by atoms with E-state index in [2.05, 4.69) is 5.16 Å². The summed E-state index contributed by atoms with van der Waals surface area (Å²) in [5, 5.41) is 11.3. The van der Waals surface area contributed by atoms with Gasteiger partial charge in [-0.05, 0) is 13.5 Å². The van der Waals surface area contributed by atoms with Gasteiger partial charge in [0, 0.05) is 13.7 Å². The van der Waals surface area contributed by atoms with Gasteiger partial charge in [0.05, 0.1) is 12.6 Å². The predicted molar refractivity (Wildman–Crippen MR) is 52.0 cm³/mol. The maximum atomic E-state index is 8.38. The SMILES string of the molecule is CCN(CC(N)=NO)CC(C)OC. The van der Waals surface area contributed by atoms with Gasteiger partial charge in [0.25, 0.3) is 0 Å². The molecular formula is C8H19N3O2. The highest BCUT2D eigenvalue weighted by Gasteiger charge is 2.08. The van der Waals surface area contributed by atoms with E-state index in [4.69, 9.17) is 15.7 Å². The molecule has 0 saturated carbocycles. The van der Waals surface area contributed by atoms with Crippen molar-refractivity contribution in [1.29, 1.82) is 0 Å². The van der Waals surface area contributed by atoms with Gasteiger partial charge in [0.15, 0.2) is 5.84 Å². The summed E-state index contributed by atoms with van der Waals surface area (Å²) in [5.41, 5.74) is 5.38. The minimum Gasteiger partial charge on any atom is -0.409 e. The predicted octanol–water partition coefficient (Wildman–Crippen LogP) is 0.0896. The zero-order chi connectivity index (χ0) is 10.3. The van der Waals surface area contributed by atoms with Crippen molar-refractivity contribution in [3.05, 3.63) is 0 Å². The number of rotatable bonds is 6. The number of nitrogens with zero attached hydrogens (tertiary/aromatic N) is 2. The Hall–Kier alpha value is -0.810. The molecule has 13 heavy (non-hydrogen) atoms. The van der Waals surface area contributed by atoms with Crippen LogP contribution in [0.4, 0.5) is 0 Å². The molecule has 0 spiro atoms. The third kappa shape index (κ3) is 5.43. The Morgan fingerprint density at radius 1 is 1.69 bits per heavy atom. The minimum absolute atomic E-state index is 0.159. The van der Waals surface area contributed by atoms with Crippen molar-refractivity contribution in [2.24, 2.45) is 10.9 Å². The van der Waals surface area contributed by atoms with E-state index in [1.54, 1.807) is 7.11 Å². The molecule has 0 bridgehead atoms. The zero-order valence-electron chi connectivity index (χ0n) is 8.53. The smallest absolute Gasteiger partial charge is 0.153 e. The van der Waals surface area contributed by atoms with Gasteiger partial charge in [-0.1, -0.05) is 12.1 Å². The summed E-state index contributed by atoms with van der Waals surface area (Å²) < 4.78 is 5.11. The highest BCUT2D eigenvalue weighted by Crippen LogP contribution is 1.94. The molecule has 0 fully saturated rings. The molecule has 0 aromatic heterocycles. The fourth-order valence-electron chi connectivity index (χ4n) is 1.00. The number of amidine groups is 1. The number of ether oxygens (including phenoxy) is 1. The van der Waals surface area contributed by atoms with E-state index in [0.29, 0.717) is 6.54 Å². The van der Waals surface area contributed by atoms with Crippen molar-refractivity contribution in [3.63, 3.8) is 0 Å². The van der Waals surface area contributed by atoms with Crippen molar-refractivity contribution in [2.75, 3.05) is 26.7 Å². The van der Waals surface area contributed by atoms with E-state index in [-0.39, 0.29) is 11.9 Å². The van der Waals surface area contributed by atoms with Crippen molar-refractivity contribution >= 4 is 5.84 Å². The summed E-state index contributed by atoms with van der Waals surface area (Å²) in [4.78, 5) is 2.04. The standard InChI is InChI=1S/C8H19N3O2/c1-4-11(5-7(2)13-3)6-8(9)10-12/h7,12H,4-6H2,1-3H3,(H2,9,10). The van der Waals surface area contributed by atoms with Crippen LogP contribution in [0.5, 0.6) is 0 Å². The van der Waals surface area contributed by atoms with Gasteiger partial charge in [-0.3, -0.25) is 4.90 Å². The van der Waals surface area contributed by atoms with Crippen molar-refractivity contribution in [2.45, 2.75) is 20.0 Å². The van der Waals surface area contributed by atoms with Crippen LogP contribution in [0, 0.1) is 0 Å². The van der Waals surface area contributed by atoms with Crippen LogP contribution in [-0.4, -0.2) is 48.8 Å². The molecule has 5 heteroatoms. The number of hydrogen-bond acceptors (Lipinski definition) is 4. The summed E-state index contributed by atoms with van der Waals surface area (Å²) in [5.74, 6) is 0.227. The van der Waals surface area contributed by atoms with Crippen LogP contribution >= 0.6 is 0 Å². The van der Waals surface area contributed by atoms with Crippen molar-refractivity contribution in [3.8, 4) is 0 Å². The Kier molecular flexibility index (Phi) is 6.26. The van der Waals surface area contributed by atoms with Gasteiger partial charge < -0.3 is 15.7 Å². The van der Waals surface area contributed by atoms with E-state index < -0.39 is 0 Å². The lowest BCUT2D eigenvalue weighted by Gasteiger charge is -2.22. The normalized spacial score (nSPS) is 14.9. The topological polar surface area (TPSA) is 71.1 Å². The average molecular weight is 189 g/mol. The van der Waals surface area contributed by atoms with Crippen LogP contribution < -0.4 is 5.73 Å². The van der Waals surface area contributed by atoms with Gasteiger partial charge in [-0.25, -0.2) is 0 Å². The van der Waals surface area contributed by atoms with Crippen LogP contribution in [0.3, 0.4) is 0 Å². The Morgan fingerprint density at radius 2 is 2.31 bits per heavy atom. The monoisotopic (exact) mass is 189 g/mol. The van der Waals surface area contributed by atoms with E-state index in [1.807, 2.05) is 18.7 Å². The van der Waals surface area contributed by atoms with Crippen LogP contribution in [0.2, 0.25) is 0 Å². The largest absolute Gasteiger partial charge is 0.409 e. The molecule has 0 aliphatic rings. The van der Waals surface area contributed by atoms with Crippen LogP contribution in [0.1, 0.15) is 13.8 Å². The molecule has 0 amide bonds. The van der Waals surface area contributed by atoms with Crippen molar-refractivity contribution in [1.82, 2.24) is 4.90 Å². The maximum absolute atomic E-state index is 8.38. The van der Waals surface area contributed by atoms with Gasteiger partial charge in [-0.2, -0.15) is 0 Å². The van der Waals surface area contributed by atoms with Gasteiger partial charge >= 0.3 is 0 Å². The molecule has 3 N–H and O–H groups in total. The quantitative estimate of drug-likeness (QED) is 0.269. The average Bonchev–Trinajstić information content (AvgIpc) is 2.16. The molecule has 0 aromatic rings. The molecule has 0 saturated heterocycles. The highest BCUT2D eigenvalue weighted by molar-refractivity contribution is 5.81. The lowest BCUT2D eigenvalue weighted by molar-refractivity contribution is 0.0837. The van der Waals surface area contributed by atoms with E-state index in [9.17, 15) is 0 Å². The molecule has 78 valence electrons. The van der Waals surface area contributed by atoms with E-state index >= 15 is 0 Å². The van der Waals surface area contributed by atoms with E-state index in [0.717, 1.165) is 13.1 Å². The highest BCUT2D eigenvalue weighted by atomic mass is 16.5. The number of hydrogen-bond donors (Lipinski definition) is 2. The zero-order valence-corrected chi connectivity index (χ0v) is 8.53. The maximum Gasteiger partial charge on any atom is 0.153 e. The molecule has 0 aliphatic carbocycles. The first-order valence-corrected chi connectivity index (χ1v) is 4.35. The summed E-state index contributed by atoms with van der Waals surface area (Å²) >= 11 is 0. The van der Waals surface area contributed by atoms with Gasteiger partial charge in [-0.15, -0.1) is 0 Å². The first-order chi connectivity index (χ1) is 6.13. The van der Waals surface area contributed by atoms with Gasteiger partial charge in [0.2, 0.25) is 0 Å². The van der Waals surface area contributed by atoms with Crippen LogP contribution in [0.15, 0.2) is 5.16 Å². The number of likely N-dealkylation sites (N-methyl/N-ethyl adjacent to an activating group) is 1. The Bertz CT molecular complexity index is 161. The molecule has 1 unspecified atom stereocenters. The van der Waals surface area contributed by atoms with Gasteiger partial charge in [0.1, 0.15) is 0 Å². The fourth-order valence-corrected chi connectivity index (χ4v) is 1.00. The number of methoxy groups -OCH3 is 1. The minimum atomic E-state index is 0.159. The number of nitrogens with two attached hydrogens (primary N) is 1. The Morgan fingerprint density at radius 3 is 2.69 bits per heavy atom. The number of oxime groups is 1. The van der Waals surface area contributed by atoms with E-state index in [1.165, 1.54) is 0 Å². The molecule has 0 aromatic carbocycles. The third-order valence-electron chi connectivity index (χ3n) is 1.88. The first kappa shape index (κ1) is 12.2. The molecule has 0 radical (unpaired) electrons. The molecule has 0 heterocycles. The second kappa shape index (κ2) is 6.68. The van der Waals surface area contributed by atoms with Crippen LogP contribution in [-0.2, 0) is 4.74 Å². The molecule has 5 nitrogen and oxygen atoms in total. The molecule has 1 atom stereocenters. The summed E-state index contributed by atoms with van der Waals surface area (Å²) in [6.07, 6.45) is 0.159. The lowest BCUT2D eigenvalue weighted by atomic mass is 10.3. The fraction of sp³-hybridized carbons (Fsp3) is 0.875. The second-order valence-corrected chi connectivity index (χ2v) is 2.97. The van der Waals surface area contributed by atoms with Crippen molar-refractivity contribution < 1.29 is 9.94 Å². The summed E-state index contributed by atoms with van der Waals surface area (Å²) in [6, 6.07) is 0. The summed E-state index contributed by atoms with van der Waals surface area (Å²) in [6.45, 7) is 6.11. The first-order valence-electron chi connectivity index (χ1n) is 4.35. The Labute approximate surface area is 79.2 Å². The molecule has 0 aliphatic heterocycles. The summed E-state index contributed by atoms with van der Waals surface area (Å²) in [7, 11) is 1.67. The third-order valence-corrected chi connectivity index (χ3v) is 1.88. The molecule has 0 rings (SSSR count). The lowest BCUT2D eigenvalue weighted by Crippen LogP contribution is -2.38. The molecular weight excluding hydrogens is 170 g/mol. The Balaban J connectivity index is 3.89. The van der Waals surface area contributed by atoms with Crippen LogP contribution in [0.25, 0.3) is 0 Å².